The number of aromatic nitrogens is 2. The van der Waals surface area contributed by atoms with Gasteiger partial charge in [0.25, 0.3) is 5.91 Å². The number of nitrogens with one attached hydrogen (secondary N) is 2. The van der Waals surface area contributed by atoms with E-state index in [1.807, 2.05) is 54.6 Å². The lowest BCUT2D eigenvalue weighted by atomic mass is 10.0. The van der Waals surface area contributed by atoms with Crippen LogP contribution < -0.4 is 15.4 Å². The number of amides is 1. The number of ether oxygens (including phenoxy) is 1. The summed E-state index contributed by atoms with van der Waals surface area (Å²) in [4.78, 5) is 21.5. The van der Waals surface area contributed by atoms with E-state index in [-0.39, 0.29) is 5.91 Å². The first kappa shape index (κ1) is 18.4. The van der Waals surface area contributed by atoms with Gasteiger partial charge >= 0.3 is 0 Å². The first-order chi connectivity index (χ1) is 14.2. The summed E-state index contributed by atoms with van der Waals surface area (Å²) in [6, 6.07) is 20.7. The topological polar surface area (TPSA) is 76.1 Å². The minimum atomic E-state index is -0.175. The molecule has 4 rings (SSSR count). The van der Waals surface area contributed by atoms with Gasteiger partial charge in [-0.15, -0.1) is 0 Å². The standard InChI is InChI=1S/C23H20N4O2/c1-24-23-25-11-10-20(27-23)17-12-16-8-9-18(29-2)14-19(16)21(13-17)26-22(28)15-6-4-3-5-7-15/h3-14H,1-2H3,(H,26,28)(H,24,25,27). The first-order valence-electron chi connectivity index (χ1n) is 9.17. The molecule has 1 heterocycles. The molecule has 0 spiro atoms. The molecule has 0 atom stereocenters. The van der Waals surface area contributed by atoms with Crippen LogP contribution in [0.3, 0.4) is 0 Å². The second-order valence-electron chi connectivity index (χ2n) is 6.45. The van der Waals surface area contributed by atoms with Gasteiger partial charge in [0, 0.05) is 35.4 Å². The normalized spacial score (nSPS) is 10.6. The molecule has 3 aromatic carbocycles. The minimum Gasteiger partial charge on any atom is -0.497 e. The molecule has 6 heteroatoms. The van der Waals surface area contributed by atoms with Crippen molar-refractivity contribution in [2.24, 2.45) is 0 Å². The van der Waals surface area contributed by atoms with E-state index < -0.39 is 0 Å². The molecule has 0 unspecified atom stereocenters. The lowest BCUT2D eigenvalue weighted by Crippen LogP contribution is -2.12. The van der Waals surface area contributed by atoms with Crippen molar-refractivity contribution in [2.75, 3.05) is 24.8 Å². The predicted molar refractivity (Wildman–Crippen MR) is 115 cm³/mol. The molecule has 29 heavy (non-hydrogen) atoms. The van der Waals surface area contributed by atoms with E-state index in [0.717, 1.165) is 27.8 Å². The molecule has 0 aliphatic carbocycles. The van der Waals surface area contributed by atoms with Gasteiger partial charge in [0.05, 0.1) is 12.8 Å². The maximum absolute atomic E-state index is 12.8. The molecular formula is C23H20N4O2. The van der Waals surface area contributed by atoms with Crippen molar-refractivity contribution >= 4 is 28.3 Å². The zero-order chi connectivity index (χ0) is 20.2. The van der Waals surface area contributed by atoms with Crippen LogP contribution in [0.5, 0.6) is 5.75 Å². The quantitative estimate of drug-likeness (QED) is 0.526. The lowest BCUT2D eigenvalue weighted by Gasteiger charge is -2.13. The van der Waals surface area contributed by atoms with Crippen LogP contribution in [-0.2, 0) is 0 Å². The highest BCUT2D eigenvalue weighted by Gasteiger charge is 2.12. The number of methoxy groups -OCH3 is 1. The van der Waals surface area contributed by atoms with Gasteiger partial charge in [-0.05, 0) is 47.9 Å². The number of rotatable bonds is 5. The van der Waals surface area contributed by atoms with E-state index in [1.165, 1.54) is 0 Å². The van der Waals surface area contributed by atoms with Gasteiger partial charge < -0.3 is 15.4 Å². The Morgan fingerprint density at radius 3 is 2.59 bits per heavy atom. The molecule has 2 N–H and O–H groups in total. The highest BCUT2D eigenvalue weighted by atomic mass is 16.5. The molecule has 144 valence electrons. The molecule has 0 saturated heterocycles. The number of hydrogen-bond donors (Lipinski definition) is 2. The van der Waals surface area contributed by atoms with Crippen molar-refractivity contribution in [2.45, 2.75) is 0 Å². The Morgan fingerprint density at radius 2 is 1.83 bits per heavy atom. The third-order valence-corrected chi connectivity index (χ3v) is 4.62. The highest BCUT2D eigenvalue weighted by molar-refractivity contribution is 6.10. The van der Waals surface area contributed by atoms with Crippen LogP contribution in [0.1, 0.15) is 10.4 Å². The van der Waals surface area contributed by atoms with E-state index in [0.29, 0.717) is 17.2 Å². The third-order valence-electron chi connectivity index (χ3n) is 4.62. The Bertz CT molecular complexity index is 1180. The molecule has 4 aromatic rings. The second-order valence-corrected chi connectivity index (χ2v) is 6.45. The zero-order valence-electron chi connectivity index (χ0n) is 16.1. The number of anilines is 2. The molecule has 0 aliphatic heterocycles. The van der Waals surface area contributed by atoms with Gasteiger partial charge in [-0.3, -0.25) is 4.79 Å². The van der Waals surface area contributed by atoms with Gasteiger partial charge in [0.1, 0.15) is 5.75 Å². The maximum atomic E-state index is 12.8. The van der Waals surface area contributed by atoms with E-state index in [9.17, 15) is 4.79 Å². The minimum absolute atomic E-state index is 0.175. The molecule has 0 radical (unpaired) electrons. The van der Waals surface area contributed by atoms with Gasteiger partial charge in [-0.1, -0.05) is 24.3 Å². The van der Waals surface area contributed by atoms with Crippen LogP contribution in [0.15, 0.2) is 72.9 Å². The molecule has 1 amide bonds. The Balaban J connectivity index is 1.84. The molecule has 0 saturated carbocycles. The zero-order valence-corrected chi connectivity index (χ0v) is 16.1. The van der Waals surface area contributed by atoms with E-state index in [4.69, 9.17) is 4.74 Å². The smallest absolute Gasteiger partial charge is 0.255 e. The number of hydrogen-bond acceptors (Lipinski definition) is 5. The average molecular weight is 384 g/mol. The Labute approximate surface area is 168 Å². The maximum Gasteiger partial charge on any atom is 0.255 e. The molecular weight excluding hydrogens is 364 g/mol. The van der Waals surface area contributed by atoms with Crippen LogP contribution in [-0.4, -0.2) is 30.0 Å². The molecule has 0 bridgehead atoms. The van der Waals surface area contributed by atoms with Crippen LogP contribution in [0.2, 0.25) is 0 Å². The molecule has 0 fully saturated rings. The van der Waals surface area contributed by atoms with Crippen molar-refractivity contribution in [1.82, 2.24) is 9.97 Å². The van der Waals surface area contributed by atoms with Gasteiger partial charge in [-0.2, -0.15) is 0 Å². The third kappa shape index (κ3) is 3.87. The molecule has 0 aliphatic rings. The summed E-state index contributed by atoms with van der Waals surface area (Å²) in [7, 11) is 3.40. The summed E-state index contributed by atoms with van der Waals surface area (Å²) in [5, 5.41) is 7.84. The Morgan fingerprint density at radius 1 is 1.00 bits per heavy atom. The monoisotopic (exact) mass is 384 g/mol. The van der Waals surface area contributed by atoms with E-state index in [1.54, 1.807) is 32.5 Å². The van der Waals surface area contributed by atoms with Crippen molar-refractivity contribution in [3.05, 3.63) is 78.5 Å². The Hall–Kier alpha value is -3.93. The summed E-state index contributed by atoms with van der Waals surface area (Å²) in [6.07, 6.45) is 1.70. The van der Waals surface area contributed by atoms with Crippen LogP contribution in [0.4, 0.5) is 11.6 Å². The van der Waals surface area contributed by atoms with Crippen LogP contribution >= 0.6 is 0 Å². The SMILES string of the molecule is CNc1nccc(-c2cc(NC(=O)c3ccccc3)c3cc(OC)ccc3c2)n1. The summed E-state index contributed by atoms with van der Waals surface area (Å²) >= 11 is 0. The number of carbonyl (C=O) groups excluding carboxylic acids is 1. The van der Waals surface area contributed by atoms with Crippen LogP contribution in [0, 0.1) is 0 Å². The summed E-state index contributed by atoms with van der Waals surface area (Å²) < 4.78 is 5.37. The van der Waals surface area contributed by atoms with Crippen molar-refractivity contribution in [3.63, 3.8) is 0 Å². The number of fused-ring (bicyclic) bond motifs is 1. The summed E-state index contributed by atoms with van der Waals surface area (Å²) in [5.41, 5.74) is 2.92. The predicted octanol–water partition coefficient (Wildman–Crippen LogP) is 4.60. The number of nitrogens with zero attached hydrogens (tertiary/aromatic N) is 2. The average Bonchev–Trinajstić information content (AvgIpc) is 2.79. The van der Waals surface area contributed by atoms with Crippen molar-refractivity contribution in [1.29, 1.82) is 0 Å². The van der Waals surface area contributed by atoms with Gasteiger partial charge in [0.2, 0.25) is 5.95 Å². The Kier molecular flexibility index (Phi) is 5.07. The van der Waals surface area contributed by atoms with Gasteiger partial charge in [-0.25, -0.2) is 9.97 Å². The molecule has 6 nitrogen and oxygen atoms in total. The summed E-state index contributed by atoms with van der Waals surface area (Å²) in [5.74, 6) is 1.08. The second kappa shape index (κ2) is 7.98. The lowest BCUT2D eigenvalue weighted by molar-refractivity contribution is 0.102. The van der Waals surface area contributed by atoms with Crippen molar-refractivity contribution < 1.29 is 9.53 Å². The number of carbonyl (C=O) groups is 1. The number of benzene rings is 3. The summed E-state index contributed by atoms with van der Waals surface area (Å²) in [6.45, 7) is 0. The molecule has 1 aromatic heterocycles. The van der Waals surface area contributed by atoms with E-state index in [2.05, 4.69) is 20.6 Å². The fourth-order valence-corrected chi connectivity index (χ4v) is 3.14. The van der Waals surface area contributed by atoms with E-state index >= 15 is 0 Å². The van der Waals surface area contributed by atoms with Crippen molar-refractivity contribution in [3.8, 4) is 17.0 Å². The highest BCUT2D eigenvalue weighted by Crippen LogP contribution is 2.33. The fourth-order valence-electron chi connectivity index (χ4n) is 3.14. The van der Waals surface area contributed by atoms with Crippen LogP contribution in [0.25, 0.3) is 22.0 Å². The largest absolute Gasteiger partial charge is 0.497 e. The first-order valence-corrected chi connectivity index (χ1v) is 9.17. The van der Waals surface area contributed by atoms with Gasteiger partial charge in [0.15, 0.2) is 0 Å². The fraction of sp³-hybridized carbons (Fsp3) is 0.0870.